The van der Waals surface area contributed by atoms with Gasteiger partial charge in [-0.2, -0.15) is 5.26 Å². The summed E-state index contributed by atoms with van der Waals surface area (Å²) in [5.41, 5.74) is 7.80. The highest BCUT2D eigenvalue weighted by Crippen LogP contribution is 2.27. The third-order valence-electron chi connectivity index (χ3n) is 3.16. The summed E-state index contributed by atoms with van der Waals surface area (Å²) in [6, 6.07) is 12.4. The third-order valence-corrected chi connectivity index (χ3v) is 3.16. The highest BCUT2D eigenvalue weighted by atomic mass is 16.5. The van der Waals surface area contributed by atoms with Crippen molar-refractivity contribution in [3.8, 4) is 11.8 Å². The second-order valence-electron chi connectivity index (χ2n) is 4.61. The summed E-state index contributed by atoms with van der Waals surface area (Å²) >= 11 is 0. The van der Waals surface area contributed by atoms with Crippen molar-refractivity contribution in [3.05, 3.63) is 53.6 Å². The average Bonchev–Trinajstić information content (AvgIpc) is 2.52. The number of nitrogens with two attached hydrogens (primary N) is 1. The van der Waals surface area contributed by atoms with E-state index in [2.05, 4.69) is 5.32 Å². The zero-order valence-corrected chi connectivity index (χ0v) is 11.9. The number of hydrogen-bond acceptors (Lipinski definition) is 5. The number of nitrogen functional groups attached to an aromatic ring is 1. The lowest BCUT2D eigenvalue weighted by Crippen LogP contribution is -2.20. The fraction of sp³-hybridized carbons (Fsp3) is 0.125. The van der Waals surface area contributed by atoms with Crippen molar-refractivity contribution in [2.75, 3.05) is 18.2 Å². The molecule has 0 aromatic heterocycles. The van der Waals surface area contributed by atoms with Crippen molar-refractivity contribution in [2.24, 2.45) is 0 Å². The van der Waals surface area contributed by atoms with Crippen molar-refractivity contribution in [1.82, 2.24) is 0 Å². The number of nitriles is 1. The first-order chi connectivity index (χ1) is 10.5. The zero-order chi connectivity index (χ0) is 16.1. The number of rotatable bonds is 5. The van der Waals surface area contributed by atoms with Crippen LogP contribution in [0, 0.1) is 11.3 Å². The first-order valence-electron chi connectivity index (χ1n) is 6.48. The molecule has 0 fully saturated rings. The first-order valence-corrected chi connectivity index (χ1v) is 6.48. The third kappa shape index (κ3) is 3.27. The van der Waals surface area contributed by atoms with Crippen LogP contribution in [0.3, 0.4) is 0 Å². The Hall–Kier alpha value is -3.20. The fourth-order valence-electron chi connectivity index (χ4n) is 2.03. The van der Waals surface area contributed by atoms with Crippen LogP contribution in [0.1, 0.15) is 17.2 Å². The van der Waals surface area contributed by atoms with Gasteiger partial charge in [0.15, 0.2) is 6.04 Å². The van der Waals surface area contributed by atoms with E-state index in [4.69, 9.17) is 15.7 Å². The Morgan fingerprint density at radius 3 is 2.50 bits per heavy atom. The van der Waals surface area contributed by atoms with Gasteiger partial charge in [-0.15, -0.1) is 0 Å². The fourth-order valence-corrected chi connectivity index (χ4v) is 2.03. The number of benzene rings is 2. The molecule has 0 aliphatic heterocycles. The van der Waals surface area contributed by atoms with Gasteiger partial charge >= 0.3 is 5.97 Å². The molecular weight excluding hydrogens is 282 g/mol. The van der Waals surface area contributed by atoms with Gasteiger partial charge in [0.25, 0.3) is 0 Å². The summed E-state index contributed by atoms with van der Waals surface area (Å²) in [6.07, 6.45) is 0. The molecule has 2 aromatic carbocycles. The minimum absolute atomic E-state index is 0.368. The monoisotopic (exact) mass is 297 g/mol. The second kappa shape index (κ2) is 6.50. The lowest BCUT2D eigenvalue weighted by atomic mass is 10.1. The van der Waals surface area contributed by atoms with Gasteiger partial charge in [0.05, 0.1) is 24.4 Å². The number of carboxylic acids is 1. The molecule has 0 amide bonds. The van der Waals surface area contributed by atoms with Crippen LogP contribution in [0.4, 0.5) is 11.4 Å². The van der Waals surface area contributed by atoms with E-state index in [1.165, 1.54) is 7.11 Å². The molecule has 0 saturated heterocycles. The second-order valence-corrected chi connectivity index (χ2v) is 4.61. The number of anilines is 2. The summed E-state index contributed by atoms with van der Waals surface area (Å²) in [5, 5.41) is 21.1. The van der Waals surface area contributed by atoms with Crippen molar-refractivity contribution in [1.29, 1.82) is 5.26 Å². The summed E-state index contributed by atoms with van der Waals surface area (Å²) < 4.78 is 5.06. The van der Waals surface area contributed by atoms with Crippen LogP contribution in [0.25, 0.3) is 0 Å². The molecule has 22 heavy (non-hydrogen) atoms. The van der Waals surface area contributed by atoms with Gasteiger partial charge in [-0.05, 0) is 42.0 Å². The van der Waals surface area contributed by atoms with Crippen LogP contribution in [0.2, 0.25) is 0 Å². The largest absolute Gasteiger partial charge is 0.495 e. The number of nitrogens with zero attached hydrogens (tertiary/aromatic N) is 1. The molecule has 0 saturated carbocycles. The molecule has 2 aromatic rings. The van der Waals surface area contributed by atoms with Gasteiger partial charge in [0.2, 0.25) is 0 Å². The van der Waals surface area contributed by atoms with Gasteiger partial charge < -0.3 is 20.9 Å². The number of ether oxygens (including phenoxy) is 1. The van der Waals surface area contributed by atoms with Crippen LogP contribution >= 0.6 is 0 Å². The predicted molar refractivity (Wildman–Crippen MR) is 82.6 cm³/mol. The van der Waals surface area contributed by atoms with Crippen LogP contribution in [-0.2, 0) is 4.79 Å². The predicted octanol–water partition coefficient (Wildman–Crippen LogP) is 2.39. The van der Waals surface area contributed by atoms with E-state index in [0.29, 0.717) is 28.3 Å². The highest BCUT2D eigenvalue weighted by Gasteiger charge is 2.20. The SMILES string of the molecule is COc1ccc(C(Nc2ccc(C#N)cc2)C(=O)O)cc1N. The molecule has 4 N–H and O–H groups in total. The molecule has 0 heterocycles. The number of methoxy groups -OCH3 is 1. The number of hydrogen-bond donors (Lipinski definition) is 3. The Balaban J connectivity index is 2.28. The standard InChI is InChI=1S/C16H15N3O3/c1-22-14-7-4-11(8-13(14)18)15(16(20)21)19-12-5-2-10(9-17)3-6-12/h2-8,15,19H,18H2,1H3,(H,20,21). The molecule has 112 valence electrons. The molecule has 1 atom stereocenters. The summed E-state index contributed by atoms with van der Waals surface area (Å²) in [4.78, 5) is 11.5. The maximum Gasteiger partial charge on any atom is 0.330 e. The molecule has 1 unspecified atom stereocenters. The van der Waals surface area contributed by atoms with Gasteiger partial charge in [0.1, 0.15) is 5.75 Å². The number of nitrogens with one attached hydrogen (secondary N) is 1. The quantitative estimate of drug-likeness (QED) is 0.731. The van der Waals surface area contributed by atoms with Crippen LogP contribution < -0.4 is 15.8 Å². The molecule has 0 spiro atoms. The van der Waals surface area contributed by atoms with E-state index < -0.39 is 12.0 Å². The van der Waals surface area contributed by atoms with Crippen molar-refractivity contribution < 1.29 is 14.6 Å². The lowest BCUT2D eigenvalue weighted by molar-refractivity contribution is -0.138. The Morgan fingerprint density at radius 2 is 2.00 bits per heavy atom. The molecule has 0 aliphatic rings. The lowest BCUT2D eigenvalue weighted by Gasteiger charge is -2.17. The average molecular weight is 297 g/mol. The van der Waals surface area contributed by atoms with Crippen molar-refractivity contribution in [2.45, 2.75) is 6.04 Å². The maximum atomic E-state index is 11.5. The van der Waals surface area contributed by atoms with Crippen LogP contribution in [-0.4, -0.2) is 18.2 Å². The van der Waals surface area contributed by atoms with Gasteiger partial charge in [-0.25, -0.2) is 4.79 Å². The number of carboxylic acid groups (broad SMARTS) is 1. The van der Waals surface area contributed by atoms with Crippen molar-refractivity contribution in [3.63, 3.8) is 0 Å². The van der Waals surface area contributed by atoms with E-state index in [0.717, 1.165) is 0 Å². The summed E-state index contributed by atoms with van der Waals surface area (Å²) in [6.45, 7) is 0. The Bertz CT molecular complexity index is 720. The van der Waals surface area contributed by atoms with Gasteiger partial charge in [-0.3, -0.25) is 0 Å². The van der Waals surface area contributed by atoms with Crippen LogP contribution in [0.5, 0.6) is 5.75 Å². The smallest absolute Gasteiger partial charge is 0.330 e. The van der Waals surface area contributed by atoms with Gasteiger partial charge in [-0.1, -0.05) is 6.07 Å². The first kappa shape index (κ1) is 15.2. The zero-order valence-electron chi connectivity index (χ0n) is 11.9. The van der Waals surface area contributed by atoms with Crippen LogP contribution in [0.15, 0.2) is 42.5 Å². The summed E-state index contributed by atoms with van der Waals surface area (Å²) in [5.74, 6) is -0.541. The van der Waals surface area contributed by atoms with E-state index in [9.17, 15) is 9.90 Å². The Kier molecular flexibility index (Phi) is 4.49. The molecule has 0 aliphatic carbocycles. The van der Waals surface area contributed by atoms with E-state index >= 15 is 0 Å². The molecule has 0 radical (unpaired) electrons. The summed E-state index contributed by atoms with van der Waals surface area (Å²) in [7, 11) is 1.50. The Morgan fingerprint density at radius 1 is 1.32 bits per heavy atom. The molecule has 2 rings (SSSR count). The normalized spacial score (nSPS) is 11.3. The van der Waals surface area contributed by atoms with E-state index in [1.807, 2.05) is 6.07 Å². The van der Waals surface area contributed by atoms with Crippen molar-refractivity contribution >= 4 is 17.3 Å². The van der Waals surface area contributed by atoms with Gasteiger partial charge in [0, 0.05) is 5.69 Å². The Labute approximate surface area is 127 Å². The topological polar surface area (TPSA) is 108 Å². The highest BCUT2D eigenvalue weighted by molar-refractivity contribution is 5.80. The molecule has 6 heteroatoms. The maximum absolute atomic E-state index is 11.5. The molecule has 0 bridgehead atoms. The van der Waals surface area contributed by atoms with E-state index in [-0.39, 0.29) is 0 Å². The molecular formula is C16H15N3O3. The molecule has 6 nitrogen and oxygen atoms in total. The number of aliphatic carboxylic acids is 1. The number of carbonyl (C=O) groups is 1. The minimum Gasteiger partial charge on any atom is -0.495 e. The minimum atomic E-state index is -1.03. The van der Waals surface area contributed by atoms with E-state index in [1.54, 1.807) is 42.5 Å².